The first-order chi connectivity index (χ1) is 21.0. The largest absolute Gasteiger partial charge is 0.371 e. The van der Waals surface area contributed by atoms with Crippen molar-refractivity contribution in [2.75, 3.05) is 36.0 Å². The van der Waals surface area contributed by atoms with Gasteiger partial charge >= 0.3 is 0 Å². The van der Waals surface area contributed by atoms with Gasteiger partial charge in [0.15, 0.2) is 5.69 Å². The second-order valence-electron chi connectivity index (χ2n) is 13.9. The first-order valence-corrected chi connectivity index (χ1v) is 17.1. The van der Waals surface area contributed by atoms with Gasteiger partial charge in [-0.25, -0.2) is 4.57 Å². The van der Waals surface area contributed by atoms with E-state index in [1.54, 1.807) is 0 Å². The van der Waals surface area contributed by atoms with E-state index in [0.29, 0.717) is 0 Å². The molecule has 0 bridgehead atoms. The number of fused-ring (bicyclic) bond motifs is 3. The van der Waals surface area contributed by atoms with Crippen LogP contribution in [0.2, 0.25) is 0 Å². The number of anilines is 2. The fourth-order valence-electron chi connectivity index (χ4n) is 9.14. The Labute approximate surface area is 256 Å². The number of rotatable bonds is 5. The standard InChI is InChI=1S/C39H47N4/c1-5-38(3)30-19-15-18-29-28-17-9-10-20-31(28)43-34(27-42(37(43)35(29)30)39(38,4)6-2)36-32(40-23-11-7-12-24-40)21-16-22-33(36)41-25-13-8-14-26-41/h9-10,15-22,27H,5-8,11-14,23-26H2,1-4H3/q+1. The first-order valence-electron chi connectivity index (χ1n) is 17.1. The Morgan fingerprint density at radius 3 is 1.91 bits per heavy atom. The molecule has 4 nitrogen and oxygen atoms in total. The number of benzene rings is 3. The molecule has 0 N–H and O–H groups in total. The monoisotopic (exact) mass is 571 g/mol. The molecule has 2 atom stereocenters. The summed E-state index contributed by atoms with van der Waals surface area (Å²) < 4.78 is 5.39. The molecule has 3 aliphatic heterocycles. The molecular formula is C39H47N4+. The van der Waals surface area contributed by atoms with Crippen LogP contribution in [0.3, 0.4) is 0 Å². The summed E-state index contributed by atoms with van der Waals surface area (Å²) >= 11 is 0. The van der Waals surface area contributed by atoms with E-state index in [0.717, 1.165) is 39.0 Å². The minimum atomic E-state index is -0.0552. The van der Waals surface area contributed by atoms with Crippen LogP contribution in [0.5, 0.6) is 0 Å². The summed E-state index contributed by atoms with van der Waals surface area (Å²) in [5, 5.41) is 4.18. The van der Waals surface area contributed by atoms with Crippen molar-refractivity contribution in [3.8, 4) is 11.3 Å². The van der Waals surface area contributed by atoms with Crippen molar-refractivity contribution in [2.45, 2.75) is 90.0 Å². The number of pyridine rings is 1. The molecule has 4 heteroatoms. The summed E-state index contributed by atoms with van der Waals surface area (Å²) in [6.07, 6.45) is 12.6. The average Bonchev–Trinajstić information content (AvgIpc) is 3.49. The molecule has 2 aromatic heterocycles. The Morgan fingerprint density at radius 1 is 0.674 bits per heavy atom. The van der Waals surface area contributed by atoms with E-state index in [-0.39, 0.29) is 11.0 Å². The number of hydrogen-bond donors (Lipinski definition) is 0. The summed E-state index contributed by atoms with van der Waals surface area (Å²) in [5.41, 5.74) is 9.77. The predicted molar refractivity (Wildman–Crippen MR) is 182 cm³/mol. The lowest BCUT2D eigenvalue weighted by molar-refractivity contribution is -0.750. The second kappa shape index (κ2) is 10.0. The first kappa shape index (κ1) is 27.0. The van der Waals surface area contributed by atoms with Gasteiger partial charge in [-0.2, -0.15) is 4.40 Å². The van der Waals surface area contributed by atoms with E-state index in [4.69, 9.17) is 0 Å². The fraction of sp³-hybridized carbons (Fsp3) is 0.462. The minimum Gasteiger partial charge on any atom is -0.371 e. The molecular weight excluding hydrogens is 524 g/mol. The third-order valence-electron chi connectivity index (χ3n) is 12.0. The molecule has 5 aromatic rings. The number of piperidine rings is 2. The van der Waals surface area contributed by atoms with Gasteiger partial charge in [0.2, 0.25) is 0 Å². The van der Waals surface area contributed by atoms with E-state index in [1.807, 2.05) is 0 Å². The van der Waals surface area contributed by atoms with Crippen molar-refractivity contribution >= 4 is 38.7 Å². The molecule has 5 heterocycles. The third kappa shape index (κ3) is 3.65. The quantitative estimate of drug-likeness (QED) is 0.154. The summed E-state index contributed by atoms with van der Waals surface area (Å²) in [4.78, 5) is 5.39. The lowest BCUT2D eigenvalue weighted by Crippen LogP contribution is -2.65. The van der Waals surface area contributed by atoms with Gasteiger partial charge in [-0.05, 0) is 82.1 Å². The fourth-order valence-corrected chi connectivity index (χ4v) is 9.14. The molecule has 2 fully saturated rings. The minimum absolute atomic E-state index is 0.0165. The highest BCUT2D eigenvalue weighted by Crippen LogP contribution is 2.52. The van der Waals surface area contributed by atoms with Gasteiger partial charge in [-0.1, -0.05) is 63.2 Å². The molecule has 2 saturated heterocycles. The lowest BCUT2D eigenvalue weighted by Gasteiger charge is -2.46. The molecule has 0 spiro atoms. The van der Waals surface area contributed by atoms with Gasteiger partial charge in [-0.3, -0.25) is 0 Å². The molecule has 0 aliphatic carbocycles. The van der Waals surface area contributed by atoms with Crippen LogP contribution in [0, 0.1) is 0 Å². The van der Waals surface area contributed by atoms with Crippen molar-refractivity contribution < 1.29 is 4.57 Å². The third-order valence-corrected chi connectivity index (χ3v) is 12.0. The van der Waals surface area contributed by atoms with Gasteiger partial charge in [0, 0.05) is 42.4 Å². The van der Waals surface area contributed by atoms with Crippen LogP contribution in [0.15, 0.2) is 66.9 Å². The number of hydrogen-bond acceptors (Lipinski definition) is 2. The summed E-state index contributed by atoms with van der Waals surface area (Å²) in [5.74, 6) is 0. The molecule has 222 valence electrons. The Hall–Kier alpha value is -3.53. The molecule has 3 aliphatic rings. The highest BCUT2D eigenvalue weighted by Gasteiger charge is 2.54. The van der Waals surface area contributed by atoms with Crippen molar-refractivity contribution in [1.82, 2.24) is 4.40 Å². The number of para-hydroxylation sites is 1. The maximum Gasteiger partial charge on any atom is 0.296 e. The zero-order valence-corrected chi connectivity index (χ0v) is 26.6. The number of aromatic nitrogens is 2. The Kier molecular flexibility index (Phi) is 6.29. The molecule has 0 amide bonds. The van der Waals surface area contributed by atoms with Crippen LogP contribution < -0.4 is 14.4 Å². The normalized spacial score (nSPS) is 24.1. The Morgan fingerprint density at radius 2 is 1.28 bits per heavy atom. The maximum atomic E-state index is 2.72. The average molecular weight is 572 g/mol. The molecule has 0 saturated carbocycles. The van der Waals surface area contributed by atoms with Crippen LogP contribution >= 0.6 is 0 Å². The van der Waals surface area contributed by atoms with E-state index in [9.17, 15) is 0 Å². The lowest BCUT2D eigenvalue weighted by atomic mass is 9.62. The van der Waals surface area contributed by atoms with Crippen LogP contribution in [0.4, 0.5) is 11.4 Å². The molecule has 8 rings (SSSR count). The highest BCUT2D eigenvalue weighted by atomic mass is 15.2. The predicted octanol–water partition coefficient (Wildman–Crippen LogP) is 8.99. The van der Waals surface area contributed by atoms with Crippen LogP contribution in [-0.2, 0) is 11.0 Å². The number of nitrogens with zero attached hydrogens (tertiary/aromatic N) is 4. The van der Waals surface area contributed by atoms with E-state index >= 15 is 0 Å². The van der Waals surface area contributed by atoms with Gasteiger partial charge in [0.1, 0.15) is 17.3 Å². The second-order valence-corrected chi connectivity index (χ2v) is 13.9. The van der Waals surface area contributed by atoms with Crippen molar-refractivity contribution in [2.24, 2.45) is 0 Å². The topological polar surface area (TPSA) is 14.8 Å². The summed E-state index contributed by atoms with van der Waals surface area (Å²) in [7, 11) is 0. The maximum absolute atomic E-state index is 2.72. The SMILES string of the molecule is CCC1(C)c2cccc3c4ccccc4n4c(-c5c(N6CCCCC6)cccc5N5CCCCC5)c[n+](c4c23)C1(C)CC. The van der Waals surface area contributed by atoms with Gasteiger partial charge in [0.25, 0.3) is 5.65 Å². The summed E-state index contributed by atoms with van der Waals surface area (Å²) in [6, 6.07) is 23.4. The zero-order valence-electron chi connectivity index (χ0n) is 26.6. The summed E-state index contributed by atoms with van der Waals surface area (Å²) in [6.45, 7) is 14.4. The van der Waals surface area contributed by atoms with Gasteiger partial charge in [0.05, 0.1) is 22.3 Å². The molecule has 3 aromatic carbocycles. The van der Waals surface area contributed by atoms with Crippen molar-refractivity contribution in [3.63, 3.8) is 0 Å². The Bertz CT molecular complexity index is 1820. The molecule has 2 unspecified atom stereocenters. The van der Waals surface area contributed by atoms with E-state index < -0.39 is 0 Å². The number of imidazole rings is 1. The highest BCUT2D eigenvalue weighted by molar-refractivity contribution is 6.13. The van der Waals surface area contributed by atoms with Crippen LogP contribution in [-0.4, -0.2) is 30.6 Å². The van der Waals surface area contributed by atoms with Crippen LogP contribution in [0.25, 0.3) is 38.6 Å². The van der Waals surface area contributed by atoms with Crippen LogP contribution in [0.1, 0.15) is 84.6 Å². The van der Waals surface area contributed by atoms with Crippen molar-refractivity contribution in [1.29, 1.82) is 0 Å². The molecule has 0 radical (unpaired) electrons. The smallest absolute Gasteiger partial charge is 0.296 e. The van der Waals surface area contributed by atoms with Gasteiger partial charge < -0.3 is 9.80 Å². The zero-order chi connectivity index (χ0) is 29.3. The molecule has 43 heavy (non-hydrogen) atoms. The Balaban J connectivity index is 1.56. The van der Waals surface area contributed by atoms with E-state index in [1.165, 1.54) is 94.0 Å². The van der Waals surface area contributed by atoms with E-state index in [2.05, 4.69) is 113 Å². The van der Waals surface area contributed by atoms with Crippen molar-refractivity contribution in [3.05, 3.63) is 72.4 Å². The van der Waals surface area contributed by atoms with Gasteiger partial charge in [-0.15, -0.1) is 0 Å².